The van der Waals surface area contributed by atoms with Crippen molar-refractivity contribution in [3.05, 3.63) is 40.1 Å². The molecule has 5 heteroatoms. The van der Waals surface area contributed by atoms with Crippen LogP contribution in [0.25, 0.3) is 0 Å². The molecule has 2 aromatic rings. The number of halogens is 1. The first-order chi connectivity index (χ1) is 9.11. The van der Waals surface area contributed by atoms with E-state index in [1.165, 1.54) is 5.56 Å². The van der Waals surface area contributed by atoms with Gasteiger partial charge in [0.2, 0.25) is 0 Å². The number of nitrogens with zero attached hydrogens (tertiary/aromatic N) is 2. The van der Waals surface area contributed by atoms with Crippen molar-refractivity contribution in [2.45, 2.75) is 25.7 Å². The summed E-state index contributed by atoms with van der Waals surface area (Å²) < 4.78 is 1.00. The molecular formula is C14H15BrN4. The summed E-state index contributed by atoms with van der Waals surface area (Å²) in [7, 11) is 0. The first-order valence-corrected chi connectivity index (χ1v) is 7.09. The molecule has 3 N–H and O–H groups in total. The Balaban J connectivity index is 1.92. The van der Waals surface area contributed by atoms with Crippen LogP contribution in [0.2, 0.25) is 0 Å². The molecule has 0 radical (unpaired) electrons. The Morgan fingerprint density at radius 1 is 1.26 bits per heavy atom. The first-order valence-electron chi connectivity index (χ1n) is 6.29. The maximum atomic E-state index is 5.84. The van der Waals surface area contributed by atoms with E-state index in [2.05, 4.69) is 50.3 Å². The summed E-state index contributed by atoms with van der Waals surface area (Å²) in [6.45, 7) is 2.06. The highest BCUT2D eigenvalue weighted by molar-refractivity contribution is 9.10. The zero-order valence-electron chi connectivity index (χ0n) is 10.7. The molecule has 0 saturated heterocycles. The van der Waals surface area contributed by atoms with Crippen molar-refractivity contribution in [3.8, 4) is 0 Å². The number of hydrogen-bond acceptors (Lipinski definition) is 4. The maximum absolute atomic E-state index is 5.84. The van der Waals surface area contributed by atoms with E-state index in [1.54, 1.807) is 6.07 Å². The van der Waals surface area contributed by atoms with Crippen LogP contribution in [0.3, 0.4) is 0 Å². The van der Waals surface area contributed by atoms with Gasteiger partial charge in [-0.25, -0.2) is 9.97 Å². The van der Waals surface area contributed by atoms with Gasteiger partial charge in [0.1, 0.15) is 17.5 Å². The van der Waals surface area contributed by atoms with Crippen LogP contribution >= 0.6 is 15.9 Å². The molecule has 0 aliphatic heterocycles. The summed E-state index contributed by atoms with van der Waals surface area (Å²) in [5, 5.41) is 3.30. The van der Waals surface area contributed by atoms with Crippen molar-refractivity contribution in [2.24, 2.45) is 0 Å². The predicted octanol–water partition coefficient (Wildman–Crippen LogP) is 3.75. The van der Waals surface area contributed by atoms with E-state index in [0.29, 0.717) is 11.7 Å². The van der Waals surface area contributed by atoms with Gasteiger partial charge >= 0.3 is 0 Å². The third-order valence-corrected chi connectivity index (χ3v) is 3.78. The quantitative estimate of drug-likeness (QED) is 0.904. The molecule has 1 aromatic heterocycles. The van der Waals surface area contributed by atoms with Gasteiger partial charge in [-0.2, -0.15) is 0 Å². The van der Waals surface area contributed by atoms with E-state index in [0.717, 1.165) is 34.6 Å². The average molecular weight is 319 g/mol. The van der Waals surface area contributed by atoms with Crippen molar-refractivity contribution in [2.75, 3.05) is 11.1 Å². The lowest BCUT2D eigenvalue weighted by Crippen LogP contribution is -2.03. The van der Waals surface area contributed by atoms with E-state index in [4.69, 9.17) is 5.73 Å². The molecule has 0 atom stereocenters. The average Bonchev–Trinajstić information content (AvgIpc) is 3.17. The number of rotatable bonds is 3. The molecule has 1 fully saturated rings. The van der Waals surface area contributed by atoms with Crippen LogP contribution in [0.4, 0.5) is 17.3 Å². The maximum Gasteiger partial charge on any atom is 0.136 e. The van der Waals surface area contributed by atoms with Gasteiger partial charge in [0.25, 0.3) is 0 Å². The van der Waals surface area contributed by atoms with Gasteiger partial charge < -0.3 is 11.1 Å². The van der Waals surface area contributed by atoms with Crippen LogP contribution in [0, 0.1) is 6.92 Å². The van der Waals surface area contributed by atoms with Gasteiger partial charge in [-0.05, 0) is 53.4 Å². The molecule has 1 aromatic carbocycles. The van der Waals surface area contributed by atoms with Crippen LogP contribution in [0.15, 0.2) is 28.7 Å². The molecule has 4 nitrogen and oxygen atoms in total. The van der Waals surface area contributed by atoms with Crippen LogP contribution < -0.4 is 11.1 Å². The van der Waals surface area contributed by atoms with Gasteiger partial charge in [-0.3, -0.25) is 0 Å². The molecular weight excluding hydrogens is 304 g/mol. The van der Waals surface area contributed by atoms with Crippen molar-refractivity contribution in [3.63, 3.8) is 0 Å². The number of benzene rings is 1. The Labute approximate surface area is 120 Å². The minimum absolute atomic E-state index is 0.491. The number of anilines is 3. The molecule has 0 amide bonds. The lowest BCUT2D eigenvalue weighted by molar-refractivity contribution is 0.936. The summed E-state index contributed by atoms with van der Waals surface area (Å²) in [4.78, 5) is 8.83. The summed E-state index contributed by atoms with van der Waals surface area (Å²) in [6, 6.07) is 7.91. The fourth-order valence-electron chi connectivity index (χ4n) is 1.95. The first kappa shape index (κ1) is 12.4. The molecule has 1 aliphatic carbocycles. The van der Waals surface area contributed by atoms with E-state index < -0.39 is 0 Å². The van der Waals surface area contributed by atoms with Gasteiger partial charge in [0, 0.05) is 16.5 Å². The highest BCUT2D eigenvalue weighted by Crippen LogP contribution is 2.39. The third-order valence-electron chi connectivity index (χ3n) is 3.09. The van der Waals surface area contributed by atoms with E-state index in [9.17, 15) is 0 Å². The minimum atomic E-state index is 0.491. The molecule has 19 heavy (non-hydrogen) atoms. The molecule has 0 unspecified atom stereocenters. The Morgan fingerprint density at radius 2 is 2.05 bits per heavy atom. The zero-order chi connectivity index (χ0) is 13.4. The molecule has 1 saturated carbocycles. The monoisotopic (exact) mass is 318 g/mol. The summed E-state index contributed by atoms with van der Waals surface area (Å²) >= 11 is 3.53. The van der Waals surface area contributed by atoms with Gasteiger partial charge in [-0.1, -0.05) is 6.07 Å². The van der Waals surface area contributed by atoms with Gasteiger partial charge in [0.15, 0.2) is 0 Å². The molecule has 98 valence electrons. The zero-order valence-corrected chi connectivity index (χ0v) is 12.2. The predicted molar refractivity (Wildman–Crippen MR) is 80.6 cm³/mol. The molecule has 1 aliphatic rings. The SMILES string of the molecule is Cc1ccc(Br)c(Nc2cc(N)nc(C3CC3)n2)c1. The van der Waals surface area contributed by atoms with Crippen molar-refractivity contribution >= 4 is 33.3 Å². The number of nitrogens with one attached hydrogen (secondary N) is 1. The fraction of sp³-hybridized carbons (Fsp3) is 0.286. The van der Waals surface area contributed by atoms with Crippen molar-refractivity contribution < 1.29 is 0 Å². The number of aromatic nitrogens is 2. The second-order valence-electron chi connectivity index (χ2n) is 4.92. The summed E-state index contributed by atoms with van der Waals surface area (Å²) in [6.07, 6.45) is 2.33. The van der Waals surface area contributed by atoms with E-state index in [1.807, 2.05) is 6.07 Å². The second-order valence-corrected chi connectivity index (χ2v) is 5.77. The van der Waals surface area contributed by atoms with Crippen LogP contribution in [-0.4, -0.2) is 9.97 Å². The van der Waals surface area contributed by atoms with E-state index >= 15 is 0 Å². The number of nitrogens with two attached hydrogens (primary N) is 1. The molecule has 0 bridgehead atoms. The largest absolute Gasteiger partial charge is 0.384 e. The summed E-state index contributed by atoms with van der Waals surface area (Å²) in [5.41, 5.74) is 8.02. The third kappa shape index (κ3) is 2.87. The van der Waals surface area contributed by atoms with Crippen LogP contribution in [-0.2, 0) is 0 Å². The highest BCUT2D eigenvalue weighted by atomic mass is 79.9. The topological polar surface area (TPSA) is 63.8 Å². The Hall–Kier alpha value is -1.62. The van der Waals surface area contributed by atoms with Gasteiger partial charge in [-0.15, -0.1) is 0 Å². The number of aryl methyl sites for hydroxylation is 1. The highest BCUT2D eigenvalue weighted by Gasteiger charge is 2.27. The van der Waals surface area contributed by atoms with Crippen molar-refractivity contribution in [1.82, 2.24) is 9.97 Å². The molecule has 0 spiro atoms. The lowest BCUT2D eigenvalue weighted by Gasteiger charge is -2.10. The van der Waals surface area contributed by atoms with Crippen molar-refractivity contribution in [1.29, 1.82) is 0 Å². The smallest absolute Gasteiger partial charge is 0.136 e. The second kappa shape index (κ2) is 4.81. The van der Waals surface area contributed by atoms with Gasteiger partial charge in [0.05, 0.1) is 5.69 Å². The van der Waals surface area contributed by atoms with Crippen LogP contribution in [0.5, 0.6) is 0 Å². The number of nitrogen functional groups attached to an aromatic ring is 1. The molecule has 1 heterocycles. The lowest BCUT2D eigenvalue weighted by atomic mass is 10.2. The Morgan fingerprint density at radius 3 is 2.79 bits per heavy atom. The summed E-state index contributed by atoms with van der Waals surface area (Å²) in [5.74, 6) is 2.61. The normalized spacial score (nSPS) is 14.4. The standard InChI is InChI=1S/C14H15BrN4/c1-8-2-5-10(15)11(6-8)17-13-7-12(16)18-14(19-13)9-3-4-9/h2,5-7,9H,3-4H2,1H3,(H3,16,17,18,19). The van der Waals surface area contributed by atoms with E-state index in [-0.39, 0.29) is 0 Å². The Kier molecular flexibility index (Phi) is 3.14. The van der Waals surface area contributed by atoms with Crippen LogP contribution in [0.1, 0.15) is 30.1 Å². The fourth-order valence-corrected chi connectivity index (χ4v) is 2.29. The minimum Gasteiger partial charge on any atom is -0.384 e. The Bertz CT molecular complexity index is 623. The number of hydrogen-bond donors (Lipinski definition) is 2. The molecule has 3 rings (SSSR count).